The van der Waals surface area contributed by atoms with E-state index >= 15 is 0 Å². The second-order valence-electron chi connectivity index (χ2n) is 5.31. The molecule has 0 unspecified atom stereocenters. The molecule has 0 radical (unpaired) electrons. The molecule has 1 aromatic heterocycles. The van der Waals surface area contributed by atoms with Crippen LogP contribution in [0.3, 0.4) is 0 Å². The lowest BCUT2D eigenvalue weighted by Gasteiger charge is -2.31. The van der Waals surface area contributed by atoms with Gasteiger partial charge in [-0.25, -0.2) is 0 Å². The molecular weight excluding hydrogens is 248 g/mol. The van der Waals surface area contributed by atoms with Gasteiger partial charge in [0.15, 0.2) is 5.82 Å². The third-order valence-electron chi connectivity index (χ3n) is 3.99. The summed E-state index contributed by atoms with van der Waals surface area (Å²) in [5, 5.41) is 8.72. The topological polar surface area (TPSA) is 55.0 Å². The van der Waals surface area contributed by atoms with E-state index in [4.69, 9.17) is 5.73 Å². The molecular formula is C16H20N4. The molecule has 2 aromatic rings. The predicted octanol–water partition coefficient (Wildman–Crippen LogP) is 2.32. The van der Waals surface area contributed by atoms with E-state index in [0.717, 1.165) is 49.6 Å². The summed E-state index contributed by atoms with van der Waals surface area (Å²) in [6, 6.07) is 14.3. The minimum Gasteiger partial charge on any atom is -0.355 e. The SMILES string of the molecule is NCC1CCN(c2ccc(-c3ccccc3)nn2)CC1. The standard InChI is InChI=1S/C16H20N4/c17-12-13-8-10-20(11-9-13)16-7-6-15(18-19-16)14-4-2-1-3-5-14/h1-7,13H,8-12,17H2. The number of nitrogens with two attached hydrogens (primary N) is 1. The van der Waals surface area contributed by atoms with Gasteiger partial charge < -0.3 is 10.6 Å². The first-order valence-electron chi connectivity index (χ1n) is 7.21. The molecule has 0 bridgehead atoms. The van der Waals surface area contributed by atoms with Crippen LogP contribution in [-0.4, -0.2) is 29.8 Å². The van der Waals surface area contributed by atoms with Gasteiger partial charge in [-0.1, -0.05) is 30.3 Å². The van der Waals surface area contributed by atoms with Crippen molar-refractivity contribution in [3.63, 3.8) is 0 Å². The summed E-state index contributed by atoms with van der Waals surface area (Å²) in [7, 11) is 0. The van der Waals surface area contributed by atoms with Crippen LogP contribution in [0.15, 0.2) is 42.5 Å². The van der Waals surface area contributed by atoms with Crippen LogP contribution in [-0.2, 0) is 0 Å². The highest BCUT2D eigenvalue weighted by atomic mass is 15.3. The van der Waals surface area contributed by atoms with Gasteiger partial charge in [0, 0.05) is 18.7 Å². The average molecular weight is 268 g/mol. The molecule has 3 rings (SSSR count). The maximum absolute atomic E-state index is 5.73. The van der Waals surface area contributed by atoms with Crippen molar-refractivity contribution in [2.75, 3.05) is 24.5 Å². The van der Waals surface area contributed by atoms with Crippen LogP contribution in [0.2, 0.25) is 0 Å². The van der Waals surface area contributed by atoms with Crippen LogP contribution >= 0.6 is 0 Å². The number of piperidine rings is 1. The second kappa shape index (κ2) is 6.01. The Morgan fingerprint density at radius 3 is 2.35 bits per heavy atom. The largest absolute Gasteiger partial charge is 0.355 e. The molecule has 20 heavy (non-hydrogen) atoms. The van der Waals surface area contributed by atoms with E-state index in [-0.39, 0.29) is 0 Å². The molecule has 0 amide bonds. The molecule has 1 fully saturated rings. The predicted molar refractivity (Wildman–Crippen MR) is 81.5 cm³/mol. The van der Waals surface area contributed by atoms with Crippen molar-refractivity contribution in [3.05, 3.63) is 42.5 Å². The van der Waals surface area contributed by atoms with Gasteiger partial charge in [0.2, 0.25) is 0 Å². The van der Waals surface area contributed by atoms with Gasteiger partial charge in [-0.15, -0.1) is 10.2 Å². The maximum atomic E-state index is 5.73. The van der Waals surface area contributed by atoms with Crippen LogP contribution in [0.25, 0.3) is 11.3 Å². The number of benzene rings is 1. The molecule has 0 saturated carbocycles. The Kier molecular flexibility index (Phi) is 3.92. The van der Waals surface area contributed by atoms with Gasteiger partial charge in [-0.05, 0) is 37.4 Å². The summed E-state index contributed by atoms with van der Waals surface area (Å²) in [6.45, 7) is 2.86. The zero-order valence-electron chi connectivity index (χ0n) is 11.6. The van der Waals surface area contributed by atoms with Crippen molar-refractivity contribution in [2.45, 2.75) is 12.8 Å². The van der Waals surface area contributed by atoms with E-state index in [1.165, 1.54) is 0 Å². The minimum atomic E-state index is 0.669. The Morgan fingerprint density at radius 1 is 1.00 bits per heavy atom. The van der Waals surface area contributed by atoms with Crippen LogP contribution in [0.4, 0.5) is 5.82 Å². The fourth-order valence-electron chi connectivity index (χ4n) is 2.65. The molecule has 1 aromatic carbocycles. The quantitative estimate of drug-likeness (QED) is 0.928. The lowest BCUT2D eigenvalue weighted by atomic mass is 9.97. The van der Waals surface area contributed by atoms with Gasteiger partial charge in [0.25, 0.3) is 0 Å². The molecule has 104 valence electrons. The van der Waals surface area contributed by atoms with E-state index < -0.39 is 0 Å². The summed E-state index contributed by atoms with van der Waals surface area (Å²) >= 11 is 0. The zero-order valence-corrected chi connectivity index (χ0v) is 11.6. The average Bonchev–Trinajstić information content (AvgIpc) is 2.56. The van der Waals surface area contributed by atoms with Crippen LogP contribution < -0.4 is 10.6 Å². The van der Waals surface area contributed by atoms with Crippen molar-refractivity contribution < 1.29 is 0 Å². The molecule has 2 N–H and O–H groups in total. The van der Waals surface area contributed by atoms with Gasteiger partial charge >= 0.3 is 0 Å². The fourth-order valence-corrected chi connectivity index (χ4v) is 2.65. The first-order chi connectivity index (χ1) is 9.86. The maximum Gasteiger partial charge on any atom is 0.151 e. The van der Waals surface area contributed by atoms with Crippen molar-refractivity contribution in [2.24, 2.45) is 11.7 Å². The summed E-state index contributed by atoms with van der Waals surface area (Å²) < 4.78 is 0. The highest BCUT2D eigenvalue weighted by molar-refractivity contribution is 5.59. The molecule has 0 aliphatic carbocycles. The van der Waals surface area contributed by atoms with Crippen molar-refractivity contribution in [1.82, 2.24) is 10.2 Å². The molecule has 1 aliphatic heterocycles. The number of aromatic nitrogens is 2. The lowest BCUT2D eigenvalue weighted by molar-refractivity contribution is 0.412. The van der Waals surface area contributed by atoms with E-state index in [9.17, 15) is 0 Å². The molecule has 0 spiro atoms. The monoisotopic (exact) mass is 268 g/mol. The van der Waals surface area contributed by atoms with Crippen molar-refractivity contribution in [1.29, 1.82) is 0 Å². The highest BCUT2D eigenvalue weighted by Gasteiger charge is 2.19. The van der Waals surface area contributed by atoms with Gasteiger partial charge in [-0.2, -0.15) is 0 Å². The highest BCUT2D eigenvalue weighted by Crippen LogP contribution is 2.22. The van der Waals surface area contributed by atoms with E-state index in [1.54, 1.807) is 0 Å². The molecule has 1 aliphatic rings. The molecule has 2 heterocycles. The minimum absolute atomic E-state index is 0.669. The van der Waals surface area contributed by atoms with Gasteiger partial charge in [0.05, 0.1) is 5.69 Å². The Bertz CT molecular complexity index is 530. The summed E-state index contributed by atoms with van der Waals surface area (Å²) in [6.07, 6.45) is 2.30. The van der Waals surface area contributed by atoms with Crippen LogP contribution in [0.1, 0.15) is 12.8 Å². The van der Waals surface area contributed by atoms with E-state index in [2.05, 4.69) is 33.3 Å². The summed E-state index contributed by atoms with van der Waals surface area (Å²) in [4.78, 5) is 2.30. The van der Waals surface area contributed by atoms with E-state index in [1.807, 2.05) is 24.3 Å². The number of nitrogens with zero attached hydrogens (tertiary/aromatic N) is 3. The van der Waals surface area contributed by atoms with Crippen LogP contribution in [0, 0.1) is 5.92 Å². The number of hydrogen-bond donors (Lipinski definition) is 1. The molecule has 4 heteroatoms. The molecule has 0 atom stereocenters. The van der Waals surface area contributed by atoms with Crippen LogP contribution in [0.5, 0.6) is 0 Å². The Labute approximate surface area is 119 Å². The van der Waals surface area contributed by atoms with Crippen molar-refractivity contribution in [3.8, 4) is 11.3 Å². The number of anilines is 1. The second-order valence-corrected chi connectivity index (χ2v) is 5.31. The lowest BCUT2D eigenvalue weighted by Crippen LogP contribution is -2.36. The molecule has 1 saturated heterocycles. The van der Waals surface area contributed by atoms with Crippen molar-refractivity contribution >= 4 is 5.82 Å². The summed E-state index contributed by atoms with van der Waals surface area (Å²) in [5.74, 6) is 1.64. The first-order valence-corrected chi connectivity index (χ1v) is 7.21. The fraction of sp³-hybridized carbons (Fsp3) is 0.375. The normalized spacial score (nSPS) is 16.4. The summed E-state index contributed by atoms with van der Waals surface area (Å²) in [5.41, 5.74) is 7.75. The number of hydrogen-bond acceptors (Lipinski definition) is 4. The molecule has 4 nitrogen and oxygen atoms in total. The Balaban J connectivity index is 1.71. The number of rotatable bonds is 3. The van der Waals surface area contributed by atoms with Gasteiger partial charge in [-0.3, -0.25) is 0 Å². The Hall–Kier alpha value is -1.94. The smallest absolute Gasteiger partial charge is 0.151 e. The van der Waals surface area contributed by atoms with Gasteiger partial charge in [0.1, 0.15) is 0 Å². The third-order valence-corrected chi connectivity index (χ3v) is 3.99. The Morgan fingerprint density at radius 2 is 1.75 bits per heavy atom. The third kappa shape index (κ3) is 2.80. The first kappa shape index (κ1) is 13.1. The van der Waals surface area contributed by atoms with E-state index in [0.29, 0.717) is 5.92 Å². The zero-order chi connectivity index (χ0) is 13.8.